The Morgan fingerprint density at radius 3 is 3.00 bits per heavy atom. The van der Waals surface area contributed by atoms with Gasteiger partial charge in [-0.05, 0) is 24.5 Å². The molecule has 67 valence electrons. The normalized spacial score (nSPS) is 26.5. The van der Waals surface area contributed by atoms with Crippen molar-refractivity contribution >= 4 is 6.29 Å². The highest BCUT2D eigenvalue weighted by atomic mass is 16.1. The first kappa shape index (κ1) is 8.45. The van der Waals surface area contributed by atoms with Gasteiger partial charge in [-0.25, -0.2) is 0 Å². The molecular formula is C11H12NO. The molecule has 1 atom stereocenters. The van der Waals surface area contributed by atoms with Crippen LogP contribution < -0.4 is 5.32 Å². The van der Waals surface area contributed by atoms with Crippen molar-refractivity contribution < 1.29 is 4.79 Å². The van der Waals surface area contributed by atoms with Gasteiger partial charge in [0.05, 0.1) is 0 Å². The van der Waals surface area contributed by atoms with E-state index in [0.29, 0.717) is 0 Å². The second-order valence-electron chi connectivity index (χ2n) is 3.42. The molecule has 1 aromatic carbocycles. The number of nitrogens with one attached hydrogen (secondary N) is 1. The summed E-state index contributed by atoms with van der Waals surface area (Å²) in [7, 11) is 0. The first-order valence-corrected chi connectivity index (χ1v) is 4.41. The Bertz CT molecular complexity index is 335. The number of hydrogen-bond donors (Lipinski definition) is 1. The Balaban J connectivity index is 2.54. The third-order valence-corrected chi connectivity index (χ3v) is 2.53. The van der Waals surface area contributed by atoms with E-state index < -0.39 is 5.54 Å². The lowest BCUT2D eigenvalue weighted by Gasteiger charge is -2.32. The molecule has 2 nitrogen and oxygen atoms in total. The number of carbonyl (C=O) groups excluding carboxylic acids is 1. The van der Waals surface area contributed by atoms with Gasteiger partial charge in [-0.2, -0.15) is 0 Å². The Morgan fingerprint density at radius 2 is 2.23 bits per heavy atom. The average Bonchev–Trinajstić information content (AvgIpc) is 2.19. The number of carbonyl (C=O) groups is 1. The van der Waals surface area contributed by atoms with Gasteiger partial charge in [0.2, 0.25) is 0 Å². The van der Waals surface area contributed by atoms with Gasteiger partial charge in [0.15, 0.2) is 0 Å². The van der Waals surface area contributed by atoms with Gasteiger partial charge in [0.1, 0.15) is 11.8 Å². The minimum atomic E-state index is -0.727. The highest BCUT2D eigenvalue weighted by molar-refractivity contribution is 5.70. The fourth-order valence-corrected chi connectivity index (χ4v) is 1.79. The lowest BCUT2D eigenvalue weighted by Crippen LogP contribution is -2.46. The zero-order valence-corrected chi connectivity index (χ0v) is 7.42. The molecule has 13 heavy (non-hydrogen) atoms. The molecule has 1 aromatic rings. The van der Waals surface area contributed by atoms with Gasteiger partial charge >= 0.3 is 0 Å². The molecule has 1 aliphatic heterocycles. The molecule has 1 radical (unpaired) electrons. The van der Waals surface area contributed by atoms with Crippen LogP contribution in [0.1, 0.15) is 11.1 Å². The van der Waals surface area contributed by atoms with Crippen LogP contribution in [0.4, 0.5) is 0 Å². The molecule has 0 aliphatic carbocycles. The largest absolute Gasteiger partial charge is 0.301 e. The quantitative estimate of drug-likeness (QED) is 0.645. The van der Waals surface area contributed by atoms with Crippen molar-refractivity contribution in [3.8, 4) is 0 Å². The maximum absolute atomic E-state index is 10.9. The number of benzene rings is 1. The highest BCUT2D eigenvalue weighted by Crippen LogP contribution is 2.25. The summed E-state index contributed by atoms with van der Waals surface area (Å²) in [6, 6.07) is 7.95. The molecule has 0 saturated heterocycles. The Hall–Kier alpha value is -1.15. The molecule has 1 heterocycles. The topological polar surface area (TPSA) is 29.1 Å². The number of hydrogen-bond acceptors (Lipinski definition) is 2. The predicted octanol–water partition coefficient (Wildman–Crippen LogP) is 1.06. The van der Waals surface area contributed by atoms with Crippen LogP contribution in [-0.2, 0) is 16.8 Å². The molecule has 0 bridgehead atoms. The van der Waals surface area contributed by atoms with Crippen molar-refractivity contribution in [3.05, 3.63) is 42.3 Å². The summed E-state index contributed by atoms with van der Waals surface area (Å²) < 4.78 is 0. The fraction of sp³-hybridized carbons (Fsp3) is 0.273. The van der Waals surface area contributed by atoms with Crippen molar-refractivity contribution in [3.63, 3.8) is 0 Å². The van der Waals surface area contributed by atoms with Crippen LogP contribution in [0.15, 0.2) is 24.3 Å². The second-order valence-corrected chi connectivity index (χ2v) is 3.42. The van der Waals surface area contributed by atoms with Crippen LogP contribution >= 0.6 is 0 Å². The van der Waals surface area contributed by atoms with E-state index in [2.05, 4.69) is 18.3 Å². The summed E-state index contributed by atoms with van der Waals surface area (Å²) in [4.78, 5) is 10.9. The van der Waals surface area contributed by atoms with Crippen LogP contribution in [0, 0.1) is 6.92 Å². The average molecular weight is 174 g/mol. The Kier molecular flexibility index (Phi) is 1.93. The van der Waals surface area contributed by atoms with Crippen molar-refractivity contribution in [2.45, 2.75) is 12.0 Å². The maximum Gasteiger partial charge on any atom is 0.144 e. The minimum absolute atomic E-state index is 0.727. The van der Waals surface area contributed by atoms with Crippen LogP contribution in [-0.4, -0.2) is 12.8 Å². The lowest BCUT2D eigenvalue weighted by molar-refractivity contribution is -0.112. The van der Waals surface area contributed by atoms with E-state index in [9.17, 15) is 4.79 Å². The van der Waals surface area contributed by atoms with E-state index in [1.54, 1.807) is 0 Å². The van der Waals surface area contributed by atoms with Crippen molar-refractivity contribution in [2.75, 3.05) is 6.54 Å². The fourth-order valence-electron chi connectivity index (χ4n) is 1.79. The summed E-state index contributed by atoms with van der Waals surface area (Å²) >= 11 is 0. The van der Waals surface area contributed by atoms with Crippen molar-refractivity contribution in [2.24, 2.45) is 0 Å². The van der Waals surface area contributed by atoms with Crippen molar-refractivity contribution in [1.29, 1.82) is 0 Å². The van der Waals surface area contributed by atoms with Gasteiger partial charge in [-0.3, -0.25) is 0 Å². The van der Waals surface area contributed by atoms with Crippen molar-refractivity contribution in [1.82, 2.24) is 5.32 Å². The van der Waals surface area contributed by atoms with E-state index in [1.165, 1.54) is 5.56 Å². The van der Waals surface area contributed by atoms with Crippen LogP contribution in [0.3, 0.4) is 0 Å². The summed E-state index contributed by atoms with van der Waals surface area (Å²) in [6.45, 7) is 4.73. The molecule has 0 fully saturated rings. The molecule has 2 rings (SSSR count). The Morgan fingerprint density at radius 1 is 1.46 bits per heavy atom. The summed E-state index contributed by atoms with van der Waals surface area (Å²) in [5.41, 5.74) is 1.51. The van der Waals surface area contributed by atoms with E-state index >= 15 is 0 Å². The maximum atomic E-state index is 10.9. The molecule has 1 aliphatic rings. The van der Waals surface area contributed by atoms with E-state index in [1.807, 2.05) is 18.2 Å². The summed E-state index contributed by atoms with van der Waals surface area (Å²) in [5.74, 6) is 0. The number of fused-ring (bicyclic) bond motifs is 1. The highest BCUT2D eigenvalue weighted by Gasteiger charge is 2.30. The van der Waals surface area contributed by atoms with E-state index in [4.69, 9.17) is 0 Å². The van der Waals surface area contributed by atoms with Gasteiger partial charge in [-0.15, -0.1) is 0 Å². The zero-order valence-electron chi connectivity index (χ0n) is 7.42. The first-order chi connectivity index (χ1) is 6.26. The monoisotopic (exact) mass is 174 g/mol. The number of rotatable bonds is 1. The third kappa shape index (κ3) is 1.27. The standard InChI is InChI=1S/C11H12NO/c1-11(8-13)10-5-3-2-4-9(10)6-7-12-11/h2-5,8,12H,1,6-7H2. The molecule has 0 amide bonds. The SMILES string of the molecule is [CH2]C1(C=O)NCCc2ccccc21. The first-order valence-electron chi connectivity index (χ1n) is 4.41. The Labute approximate surface area is 78.0 Å². The number of aldehydes is 1. The van der Waals surface area contributed by atoms with Crippen LogP contribution in [0.5, 0.6) is 0 Å². The molecule has 0 spiro atoms. The van der Waals surface area contributed by atoms with E-state index in [-0.39, 0.29) is 0 Å². The van der Waals surface area contributed by atoms with Crippen LogP contribution in [0.25, 0.3) is 0 Å². The summed E-state index contributed by atoms with van der Waals surface area (Å²) in [5, 5.41) is 3.12. The smallest absolute Gasteiger partial charge is 0.144 e. The zero-order chi connectivity index (χ0) is 9.31. The van der Waals surface area contributed by atoms with Gasteiger partial charge in [-0.1, -0.05) is 24.3 Å². The van der Waals surface area contributed by atoms with Gasteiger partial charge < -0.3 is 10.1 Å². The molecule has 2 heteroatoms. The van der Waals surface area contributed by atoms with Gasteiger partial charge in [0.25, 0.3) is 0 Å². The molecular weight excluding hydrogens is 162 g/mol. The molecule has 1 unspecified atom stereocenters. The van der Waals surface area contributed by atoms with E-state index in [0.717, 1.165) is 24.8 Å². The molecule has 1 N–H and O–H groups in total. The lowest BCUT2D eigenvalue weighted by atomic mass is 9.85. The summed E-state index contributed by atoms with van der Waals surface area (Å²) in [6.07, 6.45) is 1.85. The van der Waals surface area contributed by atoms with Crippen LogP contribution in [0.2, 0.25) is 0 Å². The molecule has 0 saturated carbocycles. The molecule has 0 aromatic heterocycles. The van der Waals surface area contributed by atoms with Gasteiger partial charge in [0, 0.05) is 6.54 Å². The minimum Gasteiger partial charge on any atom is -0.301 e. The predicted molar refractivity (Wildman–Crippen MR) is 51.2 cm³/mol. The third-order valence-electron chi connectivity index (χ3n) is 2.53. The second kappa shape index (κ2) is 2.96.